The number of carbonyl (C=O) groups excluding carboxylic acids is 3. The van der Waals surface area contributed by atoms with Crippen LogP contribution in [0.5, 0.6) is 0 Å². The Morgan fingerprint density at radius 1 is 1.10 bits per heavy atom. The van der Waals surface area contributed by atoms with E-state index < -0.39 is 35.2 Å². The molecule has 4 rings (SSSR count). The first-order chi connectivity index (χ1) is 13.7. The fraction of sp³-hybridized carbons (Fsp3) is 0.500. The molecule has 0 aromatic heterocycles. The molecule has 1 aromatic rings. The molecule has 0 unspecified atom stereocenters. The molecule has 0 radical (unpaired) electrons. The van der Waals surface area contributed by atoms with Crippen LogP contribution >= 0.6 is 0 Å². The zero-order valence-corrected chi connectivity index (χ0v) is 17.3. The van der Waals surface area contributed by atoms with Gasteiger partial charge in [-0.2, -0.15) is 0 Å². The van der Waals surface area contributed by atoms with Crippen molar-refractivity contribution >= 4 is 18.0 Å². The van der Waals surface area contributed by atoms with E-state index in [0.29, 0.717) is 6.42 Å². The Hall–Kier alpha value is -2.83. The van der Waals surface area contributed by atoms with E-state index in [-0.39, 0.29) is 11.1 Å². The van der Waals surface area contributed by atoms with Gasteiger partial charge in [-0.05, 0) is 56.7 Å². The van der Waals surface area contributed by atoms with E-state index >= 15 is 0 Å². The molecule has 0 N–H and O–H groups in total. The summed E-state index contributed by atoms with van der Waals surface area (Å²) >= 11 is 0. The zero-order chi connectivity index (χ0) is 21.1. The SMILES string of the molecule is COC(=O)C1=C(C(=O)OC)[C@]23CCCc4cccc(c42)[C@H]1N3C(=O)OC(C)(C)C. The number of nitrogens with zero attached hydrogens (tertiary/aromatic N) is 1. The second-order valence-electron chi connectivity index (χ2n) is 8.62. The smallest absolute Gasteiger partial charge is 0.412 e. The lowest BCUT2D eigenvalue weighted by atomic mass is 9.69. The van der Waals surface area contributed by atoms with Crippen molar-refractivity contribution in [1.29, 1.82) is 0 Å². The minimum atomic E-state index is -1.08. The molecule has 1 aromatic carbocycles. The Morgan fingerprint density at radius 3 is 2.41 bits per heavy atom. The third-order valence-electron chi connectivity index (χ3n) is 5.89. The number of esters is 2. The summed E-state index contributed by atoms with van der Waals surface area (Å²) in [6.07, 6.45) is 1.56. The maximum Gasteiger partial charge on any atom is 0.412 e. The summed E-state index contributed by atoms with van der Waals surface area (Å²) in [6, 6.07) is 5.11. The Labute approximate surface area is 169 Å². The molecule has 29 heavy (non-hydrogen) atoms. The molecule has 154 valence electrons. The molecule has 3 aliphatic rings. The number of amides is 1. The van der Waals surface area contributed by atoms with E-state index in [4.69, 9.17) is 14.2 Å². The molecule has 7 heteroatoms. The quantitative estimate of drug-likeness (QED) is 0.561. The van der Waals surface area contributed by atoms with Gasteiger partial charge in [0.15, 0.2) is 0 Å². The molecular formula is C22H25NO6. The van der Waals surface area contributed by atoms with E-state index in [0.717, 1.165) is 29.5 Å². The van der Waals surface area contributed by atoms with Gasteiger partial charge >= 0.3 is 18.0 Å². The fourth-order valence-electron chi connectivity index (χ4n) is 5.11. The molecule has 1 amide bonds. The number of benzene rings is 1. The molecule has 0 saturated heterocycles. The topological polar surface area (TPSA) is 82.1 Å². The maximum atomic E-state index is 13.4. The number of hydrogen-bond acceptors (Lipinski definition) is 6. The third kappa shape index (κ3) is 2.52. The Kier molecular flexibility index (Phi) is 4.26. The largest absolute Gasteiger partial charge is 0.466 e. The number of fused-ring (bicyclic) bond motifs is 2. The van der Waals surface area contributed by atoms with Crippen LogP contribution in [0.2, 0.25) is 0 Å². The van der Waals surface area contributed by atoms with Crippen LogP contribution < -0.4 is 0 Å². The minimum absolute atomic E-state index is 0.164. The molecular weight excluding hydrogens is 374 g/mol. The predicted molar refractivity (Wildman–Crippen MR) is 103 cm³/mol. The van der Waals surface area contributed by atoms with Gasteiger partial charge in [-0.15, -0.1) is 0 Å². The standard InChI is InChI=1S/C22H25NO6/c1-21(2,3)29-20(26)23-17-13-10-6-8-12-9-7-11-22(23,15(12)13)16(19(25)28-5)14(17)18(24)27-4/h6,8,10,17H,7,9,11H2,1-5H3/t17-,22+/m1/s1. The van der Waals surface area contributed by atoms with Crippen LogP contribution in [0.15, 0.2) is 29.3 Å². The highest BCUT2D eigenvalue weighted by atomic mass is 16.6. The number of rotatable bonds is 2. The van der Waals surface area contributed by atoms with E-state index in [1.165, 1.54) is 14.2 Å². The van der Waals surface area contributed by atoms with Crippen LogP contribution in [-0.4, -0.2) is 42.8 Å². The van der Waals surface area contributed by atoms with Crippen LogP contribution in [0, 0.1) is 0 Å². The van der Waals surface area contributed by atoms with Gasteiger partial charge in [0.2, 0.25) is 0 Å². The third-order valence-corrected chi connectivity index (χ3v) is 5.89. The van der Waals surface area contributed by atoms with Crippen molar-refractivity contribution in [2.24, 2.45) is 0 Å². The predicted octanol–water partition coefficient (Wildman–Crippen LogP) is 3.17. The number of carbonyl (C=O) groups is 3. The second kappa shape index (κ2) is 6.34. The Morgan fingerprint density at radius 2 is 1.79 bits per heavy atom. The van der Waals surface area contributed by atoms with Gasteiger partial charge in [-0.1, -0.05) is 18.2 Å². The molecule has 2 aliphatic heterocycles. The van der Waals surface area contributed by atoms with Gasteiger partial charge in [0.25, 0.3) is 0 Å². The summed E-state index contributed by atoms with van der Waals surface area (Å²) in [6.45, 7) is 5.36. The van der Waals surface area contributed by atoms with Crippen molar-refractivity contribution in [3.63, 3.8) is 0 Å². The van der Waals surface area contributed by atoms with Crippen molar-refractivity contribution in [2.45, 2.75) is 57.2 Å². The van der Waals surface area contributed by atoms with Crippen LogP contribution in [0.25, 0.3) is 0 Å². The van der Waals surface area contributed by atoms with E-state index in [2.05, 4.69) is 0 Å². The first-order valence-corrected chi connectivity index (χ1v) is 9.73. The summed E-state index contributed by atoms with van der Waals surface area (Å²) in [5.41, 5.74) is 1.41. The van der Waals surface area contributed by atoms with E-state index in [1.54, 1.807) is 25.7 Å². The fourth-order valence-corrected chi connectivity index (χ4v) is 5.11. The summed E-state index contributed by atoms with van der Waals surface area (Å²) in [4.78, 5) is 40.7. The molecule has 2 atom stereocenters. The van der Waals surface area contributed by atoms with Gasteiger partial charge in [-0.3, -0.25) is 4.90 Å². The second-order valence-corrected chi connectivity index (χ2v) is 8.62. The average molecular weight is 399 g/mol. The van der Waals surface area contributed by atoms with Crippen molar-refractivity contribution in [1.82, 2.24) is 4.90 Å². The lowest BCUT2D eigenvalue weighted by molar-refractivity contribution is -0.139. The molecule has 2 bridgehead atoms. The number of methoxy groups -OCH3 is 2. The molecule has 1 spiro atoms. The minimum Gasteiger partial charge on any atom is -0.466 e. The average Bonchev–Trinajstić information content (AvgIpc) is 3.12. The summed E-state index contributed by atoms with van der Waals surface area (Å²) in [7, 11) is 2.55. The number of aryl methyl sites for hydroxylation is 1. The normalized spacial score (nSPS) is 24.3. The highest BCUT2D eigenvalue weighted by Crippen LogP contribution is 2.64. The van der Waals surface area contributed by atoms with Gasteiger partial charge in [-0.25, -0.2) is 14.4 Å². The summed E-state index contributed by atoms with van der Waals surface area (Å²) in [5.74, 6) is -1.26. The zero-order valence-electron chi connectivity index (χ0n) is 17.3. The van der Waals surface area contributed by atoms with Gasteiger partial charge < -0.3 is 14.2 Å². The van der Waals surface area contributed by atoms with E-state index in [9.17, 15) is 14.4 Å². The lowest BCUT2D eigenvalue weighted by Gasteiger charge is -2.41. The van der Waals surface area contributed by atoms with Crippen LogP contribution in [0.1, 0.15) is 56.3 Å². The van der Waals surface area contributed by atoms with Crippen molar-refractivity contribution < 1.29 is 28.6 Å². The Bertz CT molecular complexity index is 957. The van der Waals surface area contributed by atoms with Crippen molar-refractivity contribution in [2.75, 3.05) is 14.2 Å². The first-order valence-electron chi connectivity index (χ1n) is 9.73. The first kappa shape index (κ1) is 19.5. The van der Waals surface area contributed by atoms with Gasteiger partial charge in [0.05, 0.1) is 31.4 Å². The molecule has 1 aliphatic carbocycles. The van der Waals surface area contributed by atoms with Crippen molar-refractivity contribution in [3.05, 3.63) is 46.0 Å². The van der Waals surface area contributed by atoms with Crippen LogP contribution in [-0.2, 0) is 35.8 Å². The van der Waals surface area contributed by atoms with Gasteiger partial charge in [0.1, 0.15) is 11.1 Å². The van der Waals surface area contributed by atoms with Crippen LogP contribution in [0.3, 0.4) is 0 Å². The highest BCUT2D eigenvalue weighted by Gasteiger charge is 2.67. The van der Waals surface area contributed by atoms with Gasteiger partial charge in [0, 0.05) is 0 Å². The van der Waals surface area contributed by atoms with Crippen LogP contribution in [0.4, 0.5) is 4.79 Å². The lowest BCUT2D eigenvalue weighted by Crippen LogP contribution is -2.48. The number of ether oxygens (including phenoxy) is 3. The summed E-state index contributed by atoms with van der Waals surface area (Å²) in [5, 5.41) is 0. The maximum absolute atomic E-state index is 13.4. The highest BCUT2D eigenvalue weighted by molar-refractivity contribution is 6.07. The number of hydrogen-bond donors (Lipinski definition) is 0. The molecule has 7 nitrogen and oxygen atoms in total. The molecule has 0 fully saturated rings. The van der Waals surface area contributed by atoms with Crippen molar-refractivity contribution in [3.8, 4) is 0 Å². The molecule has 0 saturated carbocycles. The van der Waals surface area contributed by atoms with E-state index in [1.807, 2.05) is 18.2 Å². The summed E-state index contributed by atoms with van der Waals surface area (Å²) < 4.78 is 15.8. The Balaban J connectivity index is 2.01. The monoisotopic (exact) mass is 399 g/mol. The molecule has 2 heterocycles.